The first-order valence-corrected chi connectivity index (χ1v) is 8.99. The van der Waals surface area contributed by atoms with Gasteiger partial charge in [-0.3, -0.25) is 0 Å². The fourth-order valence-corrected chi connectivity index (χ4v) is 3.59. The number of rotatable bonds is 3. The summed E-state index contributed by atoms with van der Waals surface area (Å²) in [6, 6.07) is 15.6. The van der Waals surface area contributed by atoms with Crippen molar-refractivity contribution < 1.29 is 14.3 Å². The van der Waals surface area contributed by atoms with Crippen LogP contribution in [0.1, 0.15) is 48.9 Å². The van der Waals surface area contributed by atoms with Crippen LogP contribution in [0, 0.1) is 0 Å². The zero-order valence-electron chi connectivity index (χ0n) is 15.5. The first-order chi connectivity index (χ1) is 12.4. The average molecular weight is 351 g/mol. The number of ether oxygens (including phenoxy) is 1. The van der Waals surface area contributed by atoms with E-state index in [4.69, 9.17) is 4.74 Å². The Morgan fingerprint density at radius 1 is 1.04 bits per heavy atom. The van der Waals surface area contributed by atoms with E-state index in [-0.39, 0.29) is 5.92 Å². The van der Waals surface area contributed by atoms with E-state index in [0.717, 1.165) is 30.3 Å². The van der Waals surface area contributed by atoms with Gasteiger partial charge in [0, 0.05) is 5.92 Å². The molecule has 136 valence electrons. The quantitative estimate of drug-likeness (QED) is 0.850. The molecule has 2 aromatic rings. The first kappa shape index (κ1) is 18.2. The molecule has 0 spiro atoms. The molecule has 1 N–H and O–H groups in total. The number of aryl methyl sites for hydroxylation is 2. The molecule has 1 aliphatic rings. The van der Waals surface area contributed by atoms with E-state index in [1.165, 1.54) is 11.1 Å². The molecule has 1 aliphatic carbocycles. The van der Waals surface area contributed by atoms with Crippen LogP contribution in [0.2, 0.25) is 0 Å². The molecule has 4 heteroatoms. The predicted molar refractivity (Wildman–Crippen MR) is 101 cm³/mol. The maximum absolute atomic E-state index is 12.3. The van der Waals surface area contributed by atoms with Crippen molar-refractivity contribution in [1.82, 2.24) is 5.32 Å². The average Bonchev–Trinajstić information content (AvgIpc) is 2.75. The van der Waals surface area contributed by atoms with Gasteiger partial charge in [-0.05, 0) is 55.9 Å². The molecule has 0 saturated heterocycles. The molecule has 0 aromatic heterocycles. The summed E-state index contributed by atoms with van der Waals surface area (Å²) < 4.78 is 5.36. The highest BCUT2D eigenvalue weighted by atomic mass is 16.6. The van der Waals surface area contributed by atoms with E-state index >= 15 is 0 Å². The highest BCUT2D eigenvalue weighted by Crippen LogP contribution is 2.36. The monoisotopic (exact) mass is 351 g/mol. The van der Waals surface area contributed by atoms with Crippen molar-refractivity contribution >= 4 is 12.4 Å². The minimum absolute atomic E-state index is 0.227. The van der Waals surface area contributed by atoms with Gasteiger partial charge in [0.15, 0.2) is 0 Å². The molecule has 3 rings (SSSR count). The van der Waals surface area contributed by atoms with Crippen LogP contribution in [0.3, 0.4) is 0 Å². The van der Waals surface area contributed by atoms with Crippen LogP contribution >= 0.6 is 0 Å². The van der Waals surface area contributed by atoms with Crippen molar-refractivity contribution in [1.29, 1.82) is 0 Å². The molecule has 0 aliphatic heterocycles. The van der Waals surface area contributed by atoms with Crippen molar-refractivity contribution in [3.05, 3.63) is 70.8 Å². The Kier molecular flexibility index (Phi) is 5.12. The second-order valence-corrected chi connectivity index (χ2v) is 7.68. The van der Waals surface area contributed by atoms with Crippen molar-refractivity contribution in [2.24, 2.45) is 0 Å². The molecule has 26 heavy (non-hydrogen) atoms. The number of nitrogens with one attached hydrogen (secondary N) is 1. The number of carbonyl (C=O) groups is 2. The van der Waals surface area contributed by atoms with Crippen LogP contribution in [0.25, 0.3) is 0 Å². The Balaban J connectivity index is 2.01. The van der Waals surface area contributed by atoms with Gasteiger partial charge in [-0.15, -0.1) is 0 Å². The van der Waals surface area contributed by atoms with Gasteiger partial charge in [-0.25, -0.2) is 4.79 Å². The fraction of sp³-hybridized carbons (Fsp3) is 0.364. The number of aldehydes is 1. The molecule has 0 bridgehead atoms. The number of benzene rings is 2. The van der Waals surface area contributed by atoms with Crippen molar-refractivity contribution in [3.63, 3.8) is 0 Å². The molecule has 2 aromatic carbocycles. The zero-order valence-corrected chi connectivity index (χ0v) is 15.5. The Labute approximate surface area is 154 Å². The highest BCUT2D eigenvalue weighted by Gasteiger charge is 2.32. The molecule has 1 atom stereocenters. The summed E-state index contributed by atoms with van der Waals surface area (Å²) in [7, 11) is 0. The molecular formula is C22H25NO3. The lowest BCUT2D eigenvalue weighted by Crippen LogP contribution is -2.43. The minimum atomic E-state index is -0.690. The Bertz CT molecular complexity index is 760. The maximum Gasteiger partial charge on any atom is 0.408 e. The summed E-state index contributed by atoms with van der Waals surface area (Å²) in [4.78, 5) is 24.3. The van der Waals surface area contributed by atoms with Crippen LogP contribution < -0.4 is 5.32 Å². The molecule has 1 unspecified atom stereocenters. The topological polar surface area (TPSA) is 55.4 Å². The van der Waals surface area contributed by atoms with Crippen LogP contribution in [-0.2, 0) is 22.4 Å². The van der Waals surface area contributed by atoms with Gasteiger partial charge in [-0.2, -0.15) is 0 Å². The number of hydrogen-bond donors (Lipinski definition) is 1. The Morgan fingerprint density at radius 2 is 1.54 bits per heavy atom. The summed E-state index contributed by atoms with van der Waals surface area (Å²) in [5.74, 6) is -0.227. The zero-order chi connectivity index (χ0) is 18.7. The Morgan fingerprint density at radius 3 is 2.00 bits per heavy atom. The number of carbonyl (C=O) groups excluding carboxylic acids is 2. The van der Waals surface area contributed by atoms with E-state index in [2.05, 4.69) is 29.6 Å². The minimum Gasteiger partial charge on any atom is -0.444 e. The third-order valence-corrected chi connectivity index (χ3v) is 4.63. The summed E-state index contributed by atoms with van der Waals surface area (Å²) in [5.41, 5.74) is 3.99. The predicted octanol–water partition coefficient (Wildman–Crippen LogP) is 4.01. The van der Waals surface area contributed by atoms with Gasteiger partial charge in [0.25, 0.3) is 0 Å². The molecular weight excluding hydrogens is 326 g/mol. The van der Waals surface area contributed by atoms with E-state index in [9.17, 15) is 9.59 Å². The summed E-state index contributed by atoms with van der Waals surface area (Å²) in [6.45, 7) is 5.41. The number of alkyl carbamates (subject to hydrolysis) is 1. The highest BCUT2D eigenvalue weighted by molar-refractivity contribution is 5.75. The summed E-state index contributed by atoms with van der Waals surface area (Å²) in [6.07, 6.45) is 2.07. The molecule has 4 nitrogen and oxygen atoms in total. The second kappa shape index (κ2) is 7.32. The van der Waals surface area contributed by atoms with E-state index in [0.29, 0.717) is 0 Å². The van der Waals surface area contributed by atoms with Crippen molar-refractivity contribution in [3.8, 4) is 0 Å². The van der Waals surface area contributed by atoms with Crippen molar-refractivity contribution in [2.45, 2.75) is 51.2 Å². The number of hydrogen-bond acceptors (Lipinski definition) is 3. The summed E-state index contributed by atoms with van der Waals surface area (Å²) in [5, 5.41) is 2.77. The van der Waals surface area contributed by atoms with Crippen LogP contribution in [-0.4, -0.2) is 24.0 Å². The van der Waals surface area contributed by atoms with Gasteiger partial charge in [0.2, 0.25) is 0 Å². The van der Waals surface area contributed by atoms with Gasteiger partial charge in [0.1, 0.15) is 11.9 Å². The molecule has 0 heterocycles. The lowest BCUT2D eigenvalue weighted by molar-refractivity contribution is -0.109. The molecule has 1 amide bonds. The third kappa shape index (κ3) is 3.96. The van der Waals surface area contributed by atoms with Gasteiger partial charge < -0.3 is 14.8 Å². The van der Waals surface area contributed by atoms with E-state index in [1.807, 2.05) is 24.3 Å². The largest absolute Gasteiger partial charge is 0.444 e. The lowest BCUT2D eigenvalue weighted by atomic mass is 9.83. The number of fused-ring (bicyclic) bond motifs is 2. The SMILES string of the molecule is CC(C)(C)OC(=O)NC(C=O)C1c2ccccc2CCc2ccccc21. The van der Waals surface area contributed by atoms with Crippen LogP contribution in [0.15, 0.2) is 48.5 Å². The smallest absolute Gasteiger partial charge is 0.408 e. The van der Waals surface area contributed by atoms with Gasteiger partial charge in [0.05, 0.1) is 6.04 Å². The molecule has 0 fully saturated rings. The fourth-order valence-electron chi connectivity index (χ4n) is 3.59. The lowest BCUT2D eigenvalue weighted by Gasteiger charge is -2.28. The van der Waals surface area contributed by atoms with Crippen molar-refractivity contribution in [2.75, 3.05) is 0 Å². The third-order valence-electron chi connectivity index (χ3n) is 4.63. The first-order valence-electron chi connectivity index (χ1n) is 8.99. The molecule has 0 saturated carbocycles. The number of amides is 1. The van der Waals surface area contributed by atoms with Crippen LogP contribution in [0.5, 0.6) is 0 Å². The van der Waals surface area contributed by atoms with Gasteiger partial charge in [-0.1, -0.05) is 48.5 Å². The molecule has 0 radical (unpaired) electrons. The normalized spacial score (nSPS) is 15.2. The summed E-state index contributed by atoms with van der Waals surface area (Å²) >= 11 is 0. The van der Waals surface area contributed by atoms with Crippen LogP contribution in [0.4, 0.5) is 4.79 Å². The second-order valence-electron chi connectivity index (χ2n) is 7.68. The maximum atomic E-state index is 12.3. The van der Waals surface area contributed by atoms with E-state index in [1.54, 1.807) is 20.8 Å². The van der Waals surface area contributed by atoms with E-state index < -0.39 is 17.7 Å². The standard InChI is InChI=1S/C22H25NO3/c1-22(2,3)26-21(25)23-19(14-24)20-17-10-6-4-8-15(17)12-13-16-9-5-7-11-18(16)20/h4-11,14,19-20H,12-13H2,1-3H3,(H,23,25). The Hall–Kier alpha value is -2.62. The van der Waals surface area contributed by atoms with Gasteiger partial charge >= 0.3 is 6.09 Å².